The minimum absolute atomic E-state index is 0.246. The first-order valence-corrected chi connectivity index (χ1v) is 6.61. The van der Waals surface area contributed by atoms with E-state index in [0.717, 1.165) is 10.2 Å². The molecule has 0 aliphatic carbocycles. The Morgan fingerprint density at radius 3 is 2.63 bits per heavy atom. The molecule has 2 rings (SSSR count). The summed E-state index contributed by atoms with van der Waals surface area (Å²) in [6.45, 7) is 0. The first-order chi connectivity index (χ1) is 9.04. The van der Waals surface area contributed by atoms with Gasteiger partial charge in [-0.1, -0.05) is 15.9 Å². The van der Waals surface area contributed by atoms with Crippen LogP contribution in [0.15, 0.2) is 41.1 Å². The normalized spacial score (nSPS) is 10.0. The summed E-state index contributed by atoms with van der Waals surface area (Å²) < 4.78 is 2.53. The third-order valence-electron chi connectivity index (χ3n) is 2.30. The lowest BCUT2D eigenvalue weighted by molar-refractivity contribution is 0.0977. The second kappa shape index (κ2) is 5.94. The zero-order valence-electron chi connectivity index (χ0n) is 10.1. The van der Waals surface area contributed by atoms with E-state index in [1.165, 1.54) is 6.20 Å². The van der Waals surface area contributed by atoms with E-state index >= 15 is 0 Å². The van der Waals surface area contributed by atoms with Gasteiger partial charge in [0, 0.05) is 23.4 Å². The van der Waals surface area contributed by atoms with Gasteiger partial charge < -0.3 is 5.32 Å². The molecule has 0 saturated carbocycles. The molecular weight excluding hydrogens is 328 g/mol. The van der Waals surface area contributed by atoms with Gasteiger partial charge in [-0.2, -0.15) is 5.10 Å². The summed E-state index contributed by atoms with van der Waals surface area (Å²) in [4.78, 5) is 11.8. The number of carbonyl (C=O) groups excluding carboxylic acids is 1. The Kier molecular flexibility index (Phi) is 4.28. The van der Waals surface area contributed by atoms with Crippen molar-refractivity contribution in [2.24, 2.45) is 7.05 Å². The highest BCUT2D eigenvalue weighted by Gasteiger charge is 2.09. The molecule has 1 aromatic heterocycles. The standard InChI is InChI=1S/C12H11BrN4OS/c1-17-7-8(6-14-17)11(18)16-12(19)15-10-4-2-9(13)3-5-10/h2-7H,1H3,(H2,15,16,18,19). The summed E-state index contributed by atoms with van der Waals surface area (Å²) in [5.41, 5.74) is 1.27. The zero-order chi connectivity index (χ0) is 13.8. The fourth-order valence-electron chi connectivity index (χ4n) is 1.41. The second-order valence-electron chi connectivity index (χ2n) is 3.82. The Balaban J connectivity index is 1.94. The van der Waals surface area contributed by atoms with Crippen molar-refractivity contribution in [2.75, 3.05) is 5.32 Å². The number of hydrogen-bond donors (Lipinski definition) is 2. The molecule has 0 spiro atoms. The van der Waals surface area contributed by atoms with Crippen LogP contribution in [0.3, 0.4) is 0 Å². The van der Waals surface area contributed by atoms with Gasteiger partial charge in [-0.05, 0) is 36.5 Å². The monoisotopic (exact) mass is 338 g/mol. The quantitative estimate of drug-likeness (QED) is 0.825. The number of anilines is 1. The lowest BCUT2D eigenvalue weighted by Crippen LogP contribution is -2.33. The van der Waals surface area contributed by atoms with Crippen LogP contribution in [-0.2, 0) is 7.05 Å². The maximum Gasteiger partial charge on any atom is 0.260 e. The van der Waals surface area contributed by atoms with Gasteiger partial charge in [0.05, 0.1) is 11.8 Å². The highest BCUT2D eigenvalue weighted by atomic mass is 79.9. The average molecular weight is 339 g/mol. The molecule has 2 aromatic rings. The summed E-state index contributed by atoms with van der Waals surface area (Å²) in [5, 5.41) is 9.69. The minimum atomic E-state index is -0.289. The number of rotatable bonds is 2. The summed E-state index contributed by atoms with van der Waals surface area (Å²) >= 11 is 8.42. The van der Waals surface area contributed by atoms with Crippen LogP contribution in [-0.4, -0.2) is 20.8 Å². The lowest BCUT2D eigenvalue weighted by Gasteiger charge is -2.08. The van der Waals surface area contributed by atoms with Crippen molar-refractivity contribution in [3.05, 3.63) is 46.7 Å². The van der Waals surface area contributed by atoms with E-state index in [1.807, 2.05) is 24.3 Å². The fraction of sp³-hybridized carbons (Fsp3) is 0.0833. The van der Waals surface area contributed by atoms with Crippen molar-refractivity contribution in [1.82, 2.24) is 15.1 Å². The Morgan fingerprint density at radius 2 is 2.05 bits per heavy atom. The molecule has 0 saturated heterocycles. The van der Waals surface area contributed by atoms with Crippen molar-refractivity contribution in [2.45, 2.75) is 0 Å². The van der Waals surface area contributed by atoms with E-state index in [4.69, 9.17) is 12.2 Å². The second-order valence-corrected chi connectivity index (χ2v) is 5.14. The number of halogens is 1. The Labute approximate surface area is 124 Å². The van der Waals surface area contributed by atoms with E-state index in [0.29, 0.717) is 5.56 Å². The van der Waals surface area contributed by atoms with Crippen LogP contribution in [0.4, 0.5) is 5.69 Å². The van der Waals surface area contributed by atoms with Crippen LogP contribution in [0.25, 0.3) is 0 Å². The third kappa shape index (κ3) is 3.87. The van der Waals surface area contributed by atoms with Crippen molar-refractivity contribution >= 4 is 44.9 Å². The van der Waals surface area contributed by atoms with Gasteiger partial charge in [0.15, 0.2) is 5.11 Å². The van der Waals surface area contributed by atoms with Crippen LogP contribution in [0, 0.1) is 0 Å². The first kappa shape index (κ1) is 13.7. The number of thiocarbonyl (C=S) groups is 1. The van der Waals surface area contributed by atoms with Gasteiger partial charge in [-0.3, -0.25) is 14.8 Å². The molecule has 0 fully saturated rings. The van der Waals surface area contributed by atoms with E-state index < -0.39 is 0 Å². The fourth-order valence-corrected chi connectivity index (χ4v) is 1.88. The predicted molar refractivity (Wildman–Crippen MR) is 81.0 cm³/mol. The smallest absolute Gasteiger partial charge is 0.260 e. The summed E-state index contributed by atoms with van der Waals surface area (Å²) in [6.07, 6.45) is 3.11. The molecule has 0 atom stereocenters. The van der Waals surface area contributed by atoms with Crippen molar-refractivity contribution in [3.8, 4) is 0 Å². The number of hydrogen-bond acceptors (Lipinski definition) is 3. The molecule has 1 amide bonds. The van der Waals surface area contributed by atoms with Crippen molar-refractivity contribution < 1.29 is 4.79 Å². The maximum atomic E-state index is 11.8. The van der Waals surface area contributed by atoms with Gasteiger partial charge >= 0.3 is 0 Å². The van der Waals surface area contributed by atoms with E-state index in [9.17, 15) is 4.79 Å². The molecule has 0 aliphatic rings. The molecule has 1 heterocycles. The number of nitrogens with zero attached hydrogens (tertiary/aromatic N) is 2. The van der Waals surface area contributed by atoms with Crippen LogP contribution in [0.1, 0.15) is 10.4 Å². The number of benzene rings is 1. The van der Waals surface area contributed by atoms with E-state index in [2.05, 4.69) is 31.7 Å². The average Bonchev–Trinajstić information content (AvgIpc) is 2.79. The molecule has 1 aromatic carbocycles. The molecule has 0 radical (unpaired) electrons. The molecular formula is C12H11BrN4OS. The van der Waals surface area contributed by atoms with Crippen LogP contribution in [0.5, 0.6) is 0 Å². The molecule has 98 valence electrons. The lowest BCUT2D eigenvalue weighted by atomic mass is 10.3. The Bertz CT molecular complexity index is 608. The van der Waals surface area contributed by atoms with E-state index in [-0.39, 0.29) is 11.0 Å². The molecule has 0 aliphatic heterocycles. The molecule has 5 nitrogen and oxygen atoms in total. The van der Waals surface area contributed by atoms with Crippen molar-refractivity contribution in [3.63, 3.8) is 0 Å². The topological polar surface area (TPSA) is 59.0 Å². The molecule has 7 heteroatoms. The largest absolute Gasteiger partial charge is 0.332 e. The van der Waals surface area contributed by atoms with E-state index in [1.54, 1.807) is 17.9 Å². The summed E-state index contributed by atoms with van der Waals surface area (Å²) in [5.74, 6) is -0.289. The van der Waals surface area contributed by atoms with Gasteiger partial charge in [-0.15, -0.1) is 0 Å². The predicted octanol–water partition coefficient (Wildman–Crippen LogP) is 2.31. The summed E-state index contributed by atoms with van der Waals surface area (Å²) in [7, 11) is 1.75. The van der Waals surface area contributed by atoms with Crippen molar-refractivity contribution in [1.29, 1.82) is 0 Å². The Hall–Kier alpha value is -1.73. The first-order valence-electron chi connectivity index (χ1n) is 5.41. The molecule has 0 unspecified atom stereocenters. The Morgan fingerprint density at radius 1 is 1.37 bits per heavy atom. The number of aromatic nitrogens is 2. The van der Waals surface area contributed by atoms with Crippen LogP contribution < -0.4 is 10.6 Å². The number of aryl methyl sites for hydroxylation is 1. The van der Waals surface area contributed by atoms with Gasteiger partial charge in [0.25, 0.3) is 5.91 Å². The zero-order valence-corrected chi connectivity index (χ0v) is 12.5. The van der Waals surface area contributed by atoms with Crippen LogP contribution in [0.2, 0.25) is 0 Å². The number of carbonyl (C=O) groups is 1. The number of nitrogens with one attached hydrogen (secondary N) is 2. The highest BCUT2D eigenvalue weighted by molar-refractivity contribution is 9.10. The van der Waals surface area contributed by atoms with Crippen LogP contribution >= 0.6 is 28.1 Å². The third-order valence-corrected chi connectivity index (χ3v) is 3.03. The van der Waals surface area contributed by atoms with Gasteiger partial charge in [0.2, 0.25) is 0 Å². The summed E-state index contributed by atoms with van der Waals surface area (Å²) in [6, 6.07) is 7.47. The SMILES string of the molecule is Cn1cc(C(=O)NC(=S)Nc2ccc(Br)cc2)cn1. The highest BCUT2D eigenvalue weighted by Crippen LogP contribution is 2.13. The maximum absolute atomic E-state index is 11.8. The van der Waals surface area contributed by atoms with Gasteiger partial charge in [0.1, 0.15) is 0 Å². The number of amides is 1. The molecule has 0 bridgehead atoms. The molecule has 19 heavy (non-hydrogen) atoms. The van der Waals surface area contributed by atoms with Gasteiger partial charge in [-0.25, -0.2) is 0 Å². The minimum Gasteiger partial charge on any atom is -0.332 e. The molecule has 2 N–H and O–H groups in total.